The molecule has 2 saturated heterocycles. The fraction of sp³-hybridized carbons (Fsp3) is 0.556. The minimum absolute atomic E-state index is 0.0794. The van der Waals surface area contributed by atoms with E-state index in [1.165, 1.54) is 0 Å². The molecule has 1 aromatic rings. The second-order valence-electron chi connectivity index (χ2n) is 7.30. The maximum Gasteiger partial charge on any atom is 0.325 e. The minimum atomic E-state index is -0.844. The number of hydrogen-bond donors (Lipinski definition) is 1. The summed E-state index contributed by atoms with van der Waals surface area (Å²) in [6.07, 6.45) is 5.35. The van der Waals surface area contributed by atoms with Gasteiger partial charge in [0.25, 0.3) is 5.91 Å². The number of nitrogens with zero attached hydrogens (tertiary/aromatic N) is 3. The van der Waals surface area contributed by atoms with E-state index in [0.717, 1.165) is 36.3 Å². The summed E-state index contributed by atoms with van der Waals surface area (Å²) in [4.78, 5) is 44.9. The van der Waals surface area contributed by atoms with E-state index in [1.54, 1.807) is 18.0 Å². The molecule has 2 atom stereocenters. The third kappa shape index (κ3) is 2.67. The lowest BCUT2D eigenvalue weighted by atomic mass is 9.96. The van der Waals surface area contributed by atoms with Crippen LogP contribution in [0.1, 0.15) is 44.3 Å². The summed E-state index contributed by atoms with van der Waals surface area (Å²) in [5.74, 6) is -0.282. The fourth-order valence-corrected chi connectivity index (χ4v) is 3.97. The molecule has 7 heteroatoms. The molecular formula is C18H22N4O3. The normalized spacial score (nSPS) is 29.2. The molecule has 1 N–H and O–H groups in total. The van der Waals surface area contributed by atoms with Crippen molar-refractivity contribution in [1.82, 2.24) is 20.1 Å². The van der Waals surface area contributed by atoms with Gasteiger partial charge in [0.15, 0.2) is 0 Å². The third-order valence-electron chi connectivity index (χ3n) is 5.59. The van der Waals surface area contributed by atoms with E-state index in [0.29, 0.717) is 6.54 Å². The summed E-state index contributed by atoms with van der Waals surface area (Å²) in [7, 11) is 0. The summed E-state index contributed by atoms with van der Waals surface area (Å²) in [5, 5.41) is 2.79. The van der Waals surface area contributed by atoms with Crippen LogP contribution in [0.4, 0.5) is 4.79 Å². The average molecular weight is 342 g/mol. The first kappa shape index (κ1) is 16.1. The number of pyridine rings is 1. The van der Waals surface area contributed by atoms with E-state index in [1.807, 2.05) is 18.2 Å². The van der Waals surface area contributed by atoms with E-state index in [9.17, 15) is 14.4 Å². The lowest BCUT2D eigenvalue weighted by Gasteiger charge is -2.26. The van der Waals surface area contributed by atoms with Gasteiger partial charge in [-0.15, -0.1) is 0 Å². The van der Waals surface area contributed by atoms with Gasteiger partial charge in [-0.3, -0.25) is 19.5 Å². The van der Waals surface area contributed by atoms with Crippen LogP contribution in [0.25, 0.3) is 0 Å². The van der Waals surface area contributed by atoms with Crippen LogP contribution in [-0.4, -0.2) is 51.3 Å². The lowest BCUT2D eigenvalue weighted by molar-refractivity contribution is -0.139. The van der Waals surface area contributed by atoms with E-state index in [-0.39, 0.29) is 30.3 Å². The molecule has 7 nitrogen and oxygen atoms in total. The van der Waals surface area contributed by atoms with Crippen LogP contribution in [0.3, 0.4) is 0 Å². The Hall–Kier alpha value is -2.44. The van der Waals surface area contributed by atoms with Gasteiger partial charge in [-0.1, -0.05) is 6.07 Å². The summed E-state index contributed by atoms with van der Waals surface area (Å²) < 4.78 is 0. The number of urea groups is 1. The van der Waals surface area contributed by atoms with Crippen molar-refractivity contribution in [3.63, 3.8) is 0 Å². The summed E-state index contributed by atoms with van der Waals surface area (Å²) in [6.45, 7) is 2.20. The van der Waals surface area contributed by atoms with E-state index in [2.05, 4.69) is 10.3 Å². The first-order valence-corrected chi connectivity index (χ1v) is 8.85. The molecule has 3 fully saturated rings. The number of carbonyl (C=O) groups is 3. The van der Waals surface area contributed by atoms with Crippen LogP contribution < -0.4 is 5.32 Å². The van der Waals surface area contributed by atoms with Gasteiger partial charge in [0.05, 0.1) is 11.7 Å². The van der Waals surface area contributed by atoms with Gasteiger partial charge < -0.3 is 10.2 Å². The molecule has 0 bridgehead atoms. The molecule has 3 aliphatic rings. The number of likely N-dealkylation sites (tertiary alicyclic amines) is 1. The van der Waals surface area contributed by atoms with Crippen molar-refractivity contribution in [3.8, 4) is 0 Å². The van der Waals surface area contributed by atoms with Crippen molar-refractivity contribution < 1.29 is 14.4 Å². The Morgan fingerprint density at radius 3 is 2.80 bits per heavy atom. The minimum Gasteiger partial charge on any atom is -0.333 e. The largest absolute Gasteiger partial charge is 0.333 e. The van der Waals surface area contributed by atoms with Crippen LogP contribution in [0.5, 0.6) is 0 Å². The van der Waals surface area contributed by atoms with Gasteiger partial charge in [-0.05, 0) is 50.7 Å². The topological polar surface area (TPSA) is 82.6 Å². The molecule has 1 aromatic heterocycles. The number of hydrogen-bond acceptors (Lipinski definition) is 4. The second kappa shape index (κ2) is 5.82. The van der Waals surface area contributed by atoms with Crippen LogP contribution >= 0.6 is 0 Å². The lowest BCUT2D eigenvalue weighted by Crippen LogP contribution is -2.47. The Kier molecular flexibility index (Phi) is 3.74. The molecule has 4 amide bonds. The van der Waals surface area contributed by atoms with Gasteiger partial charge in [0.2, 0.25) is 5.91 Å². The zero-order valence-corrected chi connectivity index (χ0v) is 14.3. The predicted molar refractivity (Wildman–Crippen MR) is 89.3 cm³/mol. The van der Waals surface area contributed by atoms with Crippen molar-refractivity contribution in [2.45, 2.75) is 44.2 Å². The highest BCUT2D eigenvalue weighted by Crippen LogP contribution is 2.42. The van der Waals surface area contributed by atoms with Crippen LogP contribution in [0.2, 0.25) is 0 Å². The molecule has 25 heavy (non-hydrogen) atoms. The Bertz CT molecular complexity index is 718. The SMILES string of the molecule is C[C@]1(C2CC2)NC(=O)N(CC(=O)N2CCC[C@H]2c2ccccn2)C1=O. The van der Waals surface area contributed by atoms with Crippen molar-refractivity contribution >= 4 is 17.8 Å². The van der Waals surface area contributed by atoms with Gasteiger partial charge in [-0.2, -0.15) is 0 Å². The quantitative estimate of drug-likeness (QED) is 0.840. The zero-order chi connectivity index (χ0) is 17.6. The van der Waals surface area contributed by atoms with E-state index < -0.39 is 11.6 Å². The number of rotatable bonds is 4. The van der Waals surface area contributed by atoms with Crippen molar-refractivity contribution in [2.24, 2.45) is 5.92 Å². The summed E-state index contributed by atoms with van der Waals surface area (Å²) in [5.41, 5.74) is 0.0105. The van der Waals surface area contributed by atoms with Gasteiger partial charge in [0, 0.05) is 12.7 Å². The molecule has 132 valence electrons. The highest BCUT2D eigenvalue weighted by Gasteiger charge is 2.56. The Morgan fingerprint density at radius 2 is 2.12 bits per heavy atom. The molecule has 4 rings (SSSR count). The van der Waals surface area contributed by atoms with Crippen molar-refractivity contribution in [1.29, 1.82) is 0 Å². The summed E-state index contributed by atoms with van der Waals surface area (Å²) >= 11 is 0. The highest BCUT2D eigenvalue weighted by atomic mass is 16.2. The number of aromatic nitrogens is 1. The van der Waals surface area contributed by atoms with Crippen LogP contribution in [0.15, 0.2) is 24.4 Å². The molecule has 0 spiro atoms. The van der Waals surface area contributed by atoms with Crippen LogP contribution in [0, 0.1) is 5.92 Å². The van der Waals surface area contributed by atoms with E-state index >= 15 is 0 Å². The Morgan fingerprint density at radius 1 is 1.32 bits per heavy atom. The fourth-order valence-electron chi connectivity index (χ4n) is 3.97. The van der Waals surface area contributed by atoms with Gasteiger partial charge >= 0.3 is 6.03 Å². The number of nitrogens with one attached hydrogen (secondary N) is 1. The van der Waals surface area contributed by atoms with Gasteiger partial charge in [-0.25, -0.2) is 4.79 Å². The average Bonchev–Trinajstić information content (AvgIpc) is 3.32. The van der Waals surface area contributed by atoms with E-state index in [4.69, 9.17) is 0 Å². The Balaban J connectivity index is 1.48. The first-order valence-electron chi connectivity index (χ1n) is 8.85. The first-order chi connectivity index (χ1) is 12.0. The number of carbonyl (C=O) groups excluding carboxylic acids is 3. The monoisotopic (exact) mass is 342 g/mol. The molecule has 1 saturated carbocycles. The zero-order valence-electron chi connectivity index (χ0n) is 14.3. The maximum absolute atomic E-state index is 12.8. The number of imide groups is 1. The van der Waals surface area contributed by atoms with Crippen molar-refractivity contribution in [3.05, 3.63) is 30.1 Å². The smallest absolute Gasteiger partial charge is 0.325 e. The third-order valence-corrected chi connectivity index (χ3v) is 5.59. The molecule has 0 radical (unpaired) electrons. The van der Waals surface area contributed by atoms with Gasteiger partial charge in [0.1, 0.15) is 12.1 Å². The molecule has 1 aliphatic carbocycles. The molecular weight excluding hydrogens is 320 g/mol. The molecule has 0 aromatic carbocycles. The summed E-state index contributed by atoms with van der Waals surface area (Å²) in [6, 6.07) is 5.12. The molecule has 3 heterocycles. The maximum atomic E-state index is 12.8. The highest BCUT2D eigenvalue weighted by molar-refractivity contribution is 6.09. The standard InChI is InChI=1S/C18H22N4O3/c1-18(12-7-8-12)16(24)22(17(25)20-18)11-15(23)21-10-4-6-14(21)13-5-2-3-9-19-13/h2-3,5,9,12,14H,4,6-8,10-11H2,1H3,(H,20,25)/t14-,18+/m0/s1. The molecule has 2 aliphatic heterocycles. The predicted octanol–water partition coefficient (Wildman–Crippen LogP) is 1.47. The second-order valence-corrected chi connectivity index (χ2v) is 7.30. The van der Waals surface area contributed by atoms with Crippen molar-refractivity contribution in [2.75, 3.05) is 13.1 Å². The van der Waals surface area contributed by atoms with Crippen LogP contribution in [-0.2, 0) is 9.59 Å². The number of amides is 4. The molecule has 0 unspecified atom stereocenters. The Labute approximate surface area is 146 Å².